The fourth-order valence-electron chi connectivity index (χ4n) is 4.81. The summed E-state index contributed by atoms with van der Waals surface area (Å²) in [6.45, 7) is -0.346. The molecule has 3 aliphatic rings. The van der Waals surface area contributed by atoms with Crippen LogP contribution in [0.4, 0.5) is 14.5 Å². The summed E-state index contributed by atoms with van der Waals surface area (Å²) in [5.41, 5.74) is 0.481. The number of alkyl halides is 2. The van der Waals surface area contributed by atoms with E-state index < -0.39 is 18.4 Å². The van der Waals surface area contributed by atoms with Crippen LogP contribution >= 0.6 is 0 Å². The number of allylic oxidation sites excluding steroid dienone is 2. The molecule has 8 heteroatoms. The van der Waals surface area contributed by atoms with Gasteiger partial charge in [-0.3, -0.25) is 9.59 Å². The highest BCUT2D eigenvalue weighted by molar-refractivity contribution is 6.00. The van der Waals surface area contributed by atoms with Crippen LogP contribution in [0.5, 0.6) is 11.5 Å². The zero-order valence-electron chi connectivity index (χ0n) is 17.1. The van der Waals surface area contributed by atoms with Crippen LogP contribution in [0.1, 0.15) is 36.0 Å². The molecule has 162 valence electrons. The molecule has 4 rings (SSSR count). The third-order valence-corrected chi connectivity index (χ3v) is 6.28. The van der Waals surface area contributed by atoms with Crippen molar-refractivity contribution in [1.29, 1.82) is 0 Å². The van der Waals surface area contributed by atoms with Gasteiger partial charge in [0.1, 0.15) is 0 Å². The van der Waals surface area contributed by atoms with Gasteiger partial charge in [0, 0.05) is 24.4 Å². The number of amides is 2. The number of hydrogen-bond donors (Lipinski definition) is 1. The lowest BCUT2D eigenvalue weighted by atomic mass is 9.92. The molecule has 1 N–H and O–H groups in total. The maximum Gasteiger partial charge on any atom is 0.265 e. The Morgan fingerprint density at radius 2 is 1.97 bits per heavy atom. The summed E-state index contributed by atoms with van der Waals surface area (Å²) in [5, 5.41) is 2.88. The van der Waals surface area contributed by atoms with E-state index in [1.807, 2.05) is 0 Å². The van der Waals surface area contributed by atoms with E-state index in [-0.39, 0.29) is 48.4 Å². The van der Waals surface area contributed by atoms with Crippen molar-refractivity contribution in [3.05, 3.63) is 29.8 Å². The second-order valence-corrected chi connectivity index (χ2v) is 8.32. The molecule has 30 heavy (non-hydrogen) atoms. The first-order valence-electron chi connectivity index (χ1n) is 10.2. The molecular weight excluding hydrogens is 394 g/mol. The van der Waals surface area contributed by atoms with E-state index >= 15 is 0 Å². The zero-order valence-corrected chi connectivity index (χ0v) is 17.1. The lowest BCUT2D eigenvalue weighted by Crippen LogP contribution is -2.45. The fourth-order valence-corrected chi connectivity index (χ4v) is 4.81. The number of benzene rings is 1. The zero-order chi connectivity index (χ0) is 21.5. The molecule has 0 unspecified atom stereocenters. The maximum absolute atomic E-state index is 13.8. The van der Waals surface area contributed by atoms with Gasteiger partial charge in [0.05, 0.1) is 26.5 Å². The Balaban J connectivity index is 1.60. The molecule has 2 amide bonds. The number of piperidine rings is 1. The number of hydrogen-bond acceptors (Lipinski definition) is 4. The van der Waals surface area contributed by atoms with Gasteiger partial charge in [-0.05, 0) is 43.2 Å². The first kappa shape index (κ1) is 20.6. The normalized spacial score (nSPS) is 26.5. The number of likely N-dealkylation sites (tertiary alicyclic amines) is 1. The summed E-state index contributed by atoms with van der Waals surface area (Å²) < 4.78 is 38.3. The summed E-state index contributed by atoms with van der Waals surface area (Å²) >= 11 is 0. The van der Waals surface area contributed by atoms with Gasteiger partial charge in [0.25, 0.3) is 11.8 Å². The Labute approximate surface area is 174 Å². The lowest BCUT2D eigenvalue weighted by molar-refractivity contribution is -0.120. The minimum atomic E-state index is -2.89. The molecule has 1 aromatic rings. The van der Waals surface area contributed by atoms with Crippen LogP contribution < -0.4 is 14.8 Å². The van der Waals surface area contributed by atoms with Crippen LogP contribution in [0.2, 0.25) is 0 Å². The highest BCUT2D eigenvalue weighted by Gasteiger charge is 2.40. The summed E-state index contributed by atoms with van der Waals surface area (Å²) in [4.78, 5) is 27.0. The second kappa shape index (κ2) is 7.89. The van der Waals surface area contributed by atoms with Crippen molar-refractivity contribution in [3.8, 4) is 11.5 Å². The number of nitrogens with zero attached hydrogens (tertiary/aromatic N) is 1. The number of fused-ring (bicyclic) bond motifs is 2. The van der Waals surface area contributed by atoms with Crippen LogP contribution in [0, 0.1) is 17.8 Å². The minimum Gasteiger partial charge on any atom is -0.493 e. The molecule has 3 atom stereocenters. The minimum absolute atomic E-state index is 0.129. The molecule has 1 heterocycles. The molecule has 1 aliphatic heterocycles. The molecule has 0 radical (unpaired) electrons. The molecule has 0 spiro atoms. The highest BCUT2D eigenvalue weighted by atomic mass is 19.3. The maximum atomic E-state index is 13.8. The van der Waals surface area contributed by atoms with Gasteiger partial charge in [-0.25, -0.2) is 8.78 Å². The van der Waals surface area contributed by atoms with Crippen LogP contribution in [-0.4, -0.2) is 49.9 Å². The number of carbonyl (C=O) groups excluding carboxylic acids is 2. The summed E-state index contributed by atoms with van der Waals surface area (Å²) in [6.07, 6.45) is 6.06. The number of ether oxygens (including phenoxy) is 2. The van der Waals surface area contributed by atoms with Gasteiger partial charge in [-0.1, -0.05) is 12.2 Å². The van der Waals surface area contributed by atoms with Gasteiger partial charge in [-0.15, -0.1) is 0 Å². The third-order valence-electron chi connectivity index (χ3n) is 6.28. The monoisotopic (exact) mass is 420 g/mol. The average Bonchev–Trinajstić information content (AvgIpc) is 3.35. The Morgan fingerprint density at radius 3 is 2.57 bits per heavy atom. The molecule has 1 saturated carbocycles. The standard InChI is InChI=1S/C22H26F2N2O4/c1-29-18-11-15(21(28)26-7-3-6-22(23,24)12-26)10-17(19(18)30-2)25-20(27)16-9-13-4-5-14(16)8-13/h4-5,10-11,13-14,16H,3,6-9,12H2,1-2H3,(H,25,27)/t13-,14+,16+/m1/s1. The van der Waals surface area contributed by atoms with Crippen molar-refractivity contribution in [3.63, 3.8) is 0 Å². The average molecular weight is 420 g/mol. The SMILES string of the molecule is COc1cc(C(=O)N2CCCC(F)(F)C2)cc(NC(=O)[C@H]2C[C@@H]3C=C[C@H]2C3)c1OC. The van der Waals surface area contributed by atoms with Crippen molar-refractivity contribution < 1.29 is 27.8 Å². The van der Waals surface area contributed by atoms with E-state index in [9.17, 15) is 18.4 Å². The predicted molar refractivity (Wildman–Crippen MR) is 107 cm³/mol. The number of methoxy groups -OCH3 is 2. The van der Waals surface area contributed by atoms with Crippen LogP contribution in [0.15, 0.2) is 24.3 Å². The smallest absolute Gasteiger partial charge is 0.265 e. The predicted octanol–water partition coefficient (Wildman–Crippen LogP) is 3.73. The van der Waals surface area contributed by atoms with Gasteiger partial charge in [-0.2, -0.15) is 0 Å². The van der Waals surface area contributed by atoms with Crippen molar-refractivity contribution in [2.45, 2.75) is 31.6 Å². The van der Waals surface area contributed by atoms with Crippen molar-refractivity contribution in [2.75, 3.05) is 32.6 Å². The second-order valence-electron chi connectivity index (χ2n) is 8.32. The highest BCUT2D eigenvalue weighted by Crippen LogP contribution is 2.45. The van der Waals surface area contributed by atoms with E-state index in [0.717, 1.165) is 17.7 Å². The van der Waals surface area contributed by atoms with Gasteiger partial charge in [0.2, 0.25) is 5.91 Å². The van der Waals surface area contributed by atoms with Crippen molar-refractivity contribution in [1.82, 2.24) is 4.90 Å². The Hall–Kier alpha value is -2.64. The fraction of sp³-hybridized carbons (Fsp3) is 0.545. The number of rotatable bonds is 5. The summed E-state index contributed by atoms with van der Waals surface area (Å²) in [7, 11) is 2.87. The van der Waals surface area contributed by atoms with E-state index in [1.165, 1.54) is 26.4 Å². The Morgan fingerprint density at radius 1 is 1.17 bits per heavy atom. The Bertz CT molecular complexity index is 886. The molecule has 1 aromatic carbocycles. The molecular formula is C22H26F2N2O4. The molecule has 2 aliphatic carbocycles. The number of halogens is 2. The Kier molecular flexibility index (Phi) is 5.42. The topological polar surface area (TPSA) is 67.9 Å². The first-order chi connectivity index (χ1) is 14.3. The molecule has 1 saturated heterocycles. The largest absolute Gasteiger partial charge is 0.493 e. The van der Waals surface area contributed by atoms with Crippen molar-refractivity contribution >= 4 is 17.5 Å². The first-order valence-corrected chi connectivity index (χ1v) is 10.2. The molecule has 2 bridgehead atoms. The van der Waals surface area contributed by atoms with E-state index in [1.54, 1.807) is 0 Å². The van der Waals surface area contributed by atoms with Gasteiger partial charge in [0.15, 0.2) is 11.5 Å². The van der Waals surface area contributed by atoms with Gasteiger partial charge >= 0.3 is 0 Å². The van der Waals surface area contributed by atoms with E-state index in [2.05, 4.69) is 17.5 Å². The van der Waals surface area contributed by atoms with E-state index in [0.29, 0.717) is 17.4 Å². The number of nitrogens with one attached hydrogen (secondary N) is 1. The number of anilines is 1. The summed E-state index contributed by atoms with van der Waals surface area (Å²) in [5.74, 6) is -2.46. The van der Waals surface area contributed by atoms with E-state index in [4.69, 9.17) is 9.47 Å². The summed E-state index contributed by atoms with van der Waals surface area (Å²) in [6, 6.07) is 2.95. The quantitative estimate of drug-likeness (QED) is 0.738. The van der Waals surface area contributed by atoms with Crippen LogP contribution in [-0.2, 0) is 4.79 Å². The number of carbonyl (C=O) groups is 2. The van der Waals surface area contributed by atoms with Crippen LogP contribution in [0.3, 0.4) is 0 Å². The van der Waals surface area contributed by atoms with Crippen molar-refractivity contribution in [2.24, 2.45) is 17.8 Å². The lowest BCUT2D eigenvalue weighted by Gasteiger charge is -2.32. The van der Waals surface area contributed by atoms with Crippen LogP contribution in [0.25, 0.3) is 0 Å². The molecule has 6 nitrogen and oxygen atoms in total. The molecule has 0 aromatic heterocycles. The molecule has 2 fully saturated rings. The third kappa shape index (κ3) is 3.87. The van der Waals surface area contributed by atoms with Gasteiger partial charge < -0.3 is 19.7 Å².